The predicted octanol–water partition coefficient (Wildman–Crippen LogP) is 5.50. The first-order valence-electron chi connectivity index (χ1n) is 7.53. The summed E-state index contributed by atoms with van der Waals surface area (Å²) in [5.41, 5.74) is 5.20. The molecule has 1 aromatic carbocycles. The molecule has 0 saturated carbocycles. The summed E-state index contributed by atoms with van der Waals surface area (Å²) in [5.74, 6) is 0. The molecule has 0 fully saturated rings. The number of rotatable bonds is 5. The molecule has 0 amide bonds. The van der Waals surface area contributed by atoms with Crippen molar-refractivity contribution in [3.63, 3.8) is 0 Å². The molecule has 4 heteroatoms. The summed E-state index contributed by atoms with van der Waals surface area (Å²) in [6.45, 7) is 10.4. The first-order chi connectivity index (χ1) is 10.4. The van der Waals surface area contributed by atoms with Gasteiger partial charge in [-0.1, -0.05) is 6.92 Å². The third-order valence-corrected chi connectivity index (χ3v) is 4.88. The van der Waals surface area contributed by atoms with Crippen LogP contribution in [0.5, 0.6) is 0 Å². The van der Waals surface area contributed by atoms with Crippen LogP contribution in [0.25, 0.3) is 10.6 Å². The molecule has 0 spiro atoms. The van der Waals surface area contributed by atoms with E-state index in [2.05, 4.69) is 51.7 Å². The molecule has 0 bridgehead atoms. The Kier molecular flexibility index (Phi) is 5.14. The molecular weight excluding hydrogens is 292 g/mol. The molecule has 2 aromatic rings. The van der Waals surface area contributed by atoms with Crippen LogP contribution in [0, 0.1) is 6.92 Å². The number of hydrogen-bond acceptors (Lipinski definition) is 4. The largest absolute Gasteiger partial charge is 0.374 e. The highest BCUT2D eigenvalue weighted by atomic mass is 32.1. The van der Waals surface area contributed by atoms with Crippen molar-refractivity contribution in [3.8, 4) is 10.6 Å². The fraction of sp³-hybridized carbons (Fsp3) is 0.444. The molecule has 0 aliphatic heterocycles. The summed E-state index contributed by atoms with van der Waals surface area (Å²) >= 11 is 1.65. The van der Waals surface area contributed by atoms with Crippen LogP contribution >= 0.6 is 11.3 Å². The molecular formula is C18H24N2OS. The Morgan fingerprint density at radius 2 is 2.09 bits per heavy atom. The molecule has 1 aromatic heterocycles. The average molecular weight is 316 g/mol. The molecule has 0 atom stereocenters. The summed E-state index contributed by atoms with van der Waals surface area (Å²) in [6.07, 6.45) is 2.79. The molecule has 3 nitrogen and oxygen atoms in total. The van der Waals surface area contributed by atoms with E-state index in [4.69, 9.17) is 9.73 Å². The molecule has 1 heterocycles. The van der Waals surface area contributed by atoms with Gasteiger partial charge in [-0.3, -0.25) is 4.99 Å². The van der Waals surface area contributed by atoms with Gasteiger partial charge in [-0.25, -0.2) is 4.98 Å². The number of thiazole rings is 1. The lowest BCUT2D eigenvalue weighted by Gasteiger charge is -2.25. The molecule has 0 aliphatic carbocycles. The lowest BCUT2D eigenvalue weighted by atomic mass is 9.93. The zero-order chi connectivity index (χ0) is 16.3. The van der Waals surface area contributed by atoms with E-state index < -0.39 is 0 Å². The monoisotopic (exact) mass is 316 g/mol. The second kappa shape index (κ2) is 6.71. The molecule has 22 heavy (non-hydrogen) atoms. The van der Waals surface area contributed by atoms with Crippen molar-refractivity contribution in [2.75, 3.05) is 7.11 Å². The number of nitrogens with zero attached hydrogens (tertiary/aromatic N) is 2. The fourth-order valence-electron chi connectivity index (χ4n) is 2.14. The highest BCUT2D eigenvalue weighted by molar-refractivity contribution is 7.13. The van der Waals surface area contributed by atoms with Gasteiger partial charge in [0.05, 0.1) is 11.3 Å². The van der Waals surface area contributed by atoms with Gasteiger partial charge in [0.25, 0.3) is 0 Å². The maximum Gasteiger partial charge on any atom is 0.123 e. The minimum absolute atomic E-state index is 0.357. The van der Waals surface area contributed by atoms with E-state index in [9.17, 15) is 0 Å². The third kappa shape index (κ3) is 3.45. The number of methoxy groups -OCH3 is 1. The second-order valence-corrected chi connectivity index (χ2v) is 6.81. The van der Waals surface area contributed by atoms with Crippen molar-refractivity contribution in [1.82, 2.24) is 4.98 Å². The first-order valence-corrected chi connectivity index (χ1v) is 8.41. The van der Waals surface area contributed by atoms with Crippen molar-refractivity contribution < 1.29 is 4.74 Å². The van der Waals surface area contributed by atoms with Crippen LogP contribution in [0.3, 0.4) is 0 Å². The van der Waals surface area contributed by atoms with Gasteiger partial charge in [0.15, 0.2) is 0 Å². The summed E-state index contributed by atoms with van der Waals surface area (Å²) in [6, 6.07) is 4.31. The molecule has 118 valence electrons. The van der Waals surface area contributed by atoms with Gasteiger partial charge >= 0.3 is 0 Å². The van der Waals surface area contributed by atoms with Gasteiger partial charge in [-0.2, -0.15) is 0 Å². The van der Waals surface area contributed by atoms with E-state index in [1.165, 1.54) is 5.56 Å². The predicted molar refractivity (Wildman–Crippen MR) is 95.4 cm³/mol. The molecule has 0 saturated heterocycles. The molecule has 2 rings (SSSR count). The fourth-order valence-corrected chi connectivity index (χ4v) is 2.86. The number of aromatic nitrogens is 1. The van der Waals surface area contributed by atoms with Crippen LogP contribution < -0.4 is 0 Å². The Morgan fingerprint density at radius 3 is 2.64 bits per heavy atom. The van der Waals surface area contributed by atoms with Crippen LogP contribution in [-0.2, 0) is 10.3 Å². The van der Waals surface area contributed by atoms with E-state index in [0.29, 0.717) is 0 Å². The van der Waals surface area contributed by atoms with E-state index in [1.54, 1.807) is 18.4 Å². The van der Waals surface area contributed by atoms with Crippen molar-refractivity contribution >= 4 is 22.7 Å². The van der Waals surface area contributed by atoms with Gasteiger partial charge in [-0.15, -0.1) is 11.3 Å². The normalized spacial score (nSPS) is 12.7. The van der Waals surface area contributed by atoms with E-state index in [0.717, 1.165) is 34.0 Å². The molecule has 0 unspecified atom stereocenters. The van der Waals surface area contributed by atoms with E-state index in [1.807, 2.05) is 11.6 Å². The average Bonchev–Trinajstić information content (AvgIpc) is 3.03. The summed E-state index contributed by atoms with van der Waals surface area (Å²) < 4.78 is 5.66. The van der Waals surface area contributed by atoms with Crippen LogP contribution in [-0.4, -0.2) is 17.8 Å². The smallest absolute Gasteiger partial charge is 0.123 e. The highest BCUT2D eigenvalue weighted by Crippen LogP contribution is 2.37. The Labute approximate surface area is 137 Å². The van der Waals surface area contributed by atoms with Gasteiger partial charge in [-0.05, 0) is 57.4 Å². The van der Waals surface area contributed by atoms with E-state index in [-0.39, 0.29) is 5.60 Å². The lowest BCUT2D eigenvalue weighted by molar-refractivity contribution is 0.0193. The van der Waals surface area contributed by atoms with Gasteiger partial charge in [0, 0.05) is 30.0 Å². The Hall–Kier alpha value is -1.52. The van der Waals surface area contributed by atoms with Crippen LogP contribution in [0.4, 0.5) is 5.69 Å². The van der Waals surface area contributed by atoms with Crippen molar-refractivity contribution in [3.05, 3.63) is 34.8 Å². The first kappa shape index (κ1) is 16.8. The quantitative estimate of drug-likeness (QED) is 0.682. The summed E-state index contributed by atoms with van der Waals surface area (Å²) in [7, 11) is 1.74. The lowest BCUT2D eigenvalue weighted by Crippen LogP contribution is -2.19. The zero-order valence-corrected chi connectivity index (χ0v) is 15.0. The summed E-state index contributed by atoms with van der Waals surface area (Å²) in [4.78, 5) is 9.26. The Balaban J connectivity index is 2.68. The van der Waals surface area contributed by atoms with Gasteiger partial charge in [0.1, 0.15) is 5.01 Å². The number of ether oxygens (including phenoxy) is 1. The van der Waals surface area contributed by atoms with Crippen molar-refractivity contribution in [1.29, 1.82) is 0 Å². The summed E-state index contributed by atoms with van der Waals surface area (Å²) in [5, 5.41) is 3.03. The minimum atomic E-state index is -0.357. The Bertz CT molecular complexity index is 673. The highest BCUT2D eigenvalue weighted by Gasteiger charge is 2.23. The molecule has 0 radical (unpaired) electrons. The number of hydrogen-bond donors (Lipinski definition) is 0. The standard InChI is InChI=1S/C18H24N2OS/c1-7-12(2)20-16-11-14(18(4,5)21-6)10-15(13(16)3)17-19-8-9-22-17/h8-11H,7H2,1-6H3. The zero-order valence-electron chi connectivity index (χ0n) is 14.2. The molecule has 0 N–H and O–H groups in total. The maximum atomic E-state index is 5.66. The third-order valence-electron chi connectivity index (χ3n) is 4.07. The number of benzene rings is 1. The van der Waals surface area contributed by atoms with E-state index >= 15 is 0 Å². The molecule has 0 aliphatic rings. The van der Waals surface area contributed by atoms with Crippen molar-refractivity contribution in [2.45, 2.75) is 46.6 Å². The minimum Gasteiger partial charge on any atom is -0.374 e. The van der Waals surface area contributed by atoms with Crippen molar-refractivity contribution in [2.24, 2.45) is 4.99 Å². The topological polar surface area (TPSA) is 34.5 Å². The Morgan fingerprint density at radius 1 is 1.36 bits per heavy atom. The SMILES string of the molecule is CCC(C)=Nc1cc(C(C)(C)OC)cc(-c2nccs2)c1C. The second-order valence-electron chi connectivity index (χ2n) is 5.92. The van der Waals surface area contributed by atoms with Crippen LogP contribution in [0.2, 0.25) is 0 Å². The van der Waals surface area contributed by atoms with Gasteiger partial charge < -0.3 is 4.74 Å². The maximum absolute atomic E-state index is 5.66. The van der Waals surface area contributed by atoms with Crippen LogP contribution in [0.15, 0.2) is 28.7 Å². The number of aliphatic imine (C=N–C) groups is 1. The van der Waals surface area contributed by atoms with Crippen LogP contribution in [0.1, 0.15) is 45.2 Å². The van der Waals surface area contributed by atoms with Gasteiger partial charge in [0.2, 0.25) is 0 Å².